The van der Waals surface area contributed by atoms with Crippen molar-refractivity contribution in [3.05, 3.63) is 70.8 Å². The second kappa shape index (κ2) is 31.1. The van der Waals surface area contributed by atoms with Crippen LogP contribution in [0.2, 0.25) is 0 Å². The maximum absolute atomic E-state index is 14.2. The Morgan fingerprint density at radius 1 is 0.469 bits per heavy atom. The summed E-state index contributed by atoms with van der Waals surface area (Å²) in [6.45, 7) is 13.5. The standard InChI is InChI=1S/C48H73NO15/c1-2-3-8-13-49-46(51)44-43-39-9-4-6-11-41(39)48(45(44)47(49)52,42-12-7-5-10-40(42)43)38-64-37-36-63-35-34-62-33-32-61-31-30-60-29-28-59-27-26-58-25-24-57-23-22-56-21-20-55-19-18-54-17-16-53-15-14-50/h4-7,9-12,43-45,50H,2-3,8,13-38H2,1H3/t43?,44-,45+,48?/m1/s1. The topological polar surface area (TPSA) is 168 Å². The van der Waals surface area contributed by atoms with Crippen molar-refractivity contribution in [3.63, 3.8) is 0 Å². The van der Waals surface area contributed by atoms with Crippen molar-refractivity contribution in [1.82, 2.24) is 4.90 Å². The number of carbonyl (C=O) groups excluding carboxylic acids is 2. The van der Waals surface area contributed by atoms with Crippen molar-refractivity contribution in [2.75, 3.05) is 172 Å². The van der Waals surface area contributed by atoms with Crippen LogP contribution in [-0.2, 0) is 71.8 Å². The van der Waals surface area contributed by atoms with Gasteiger partial charge in [0.1, 0.15) is 0 Å². The number of aliphatic hydroxyl groups excluding tert-OH is 1. The molecule has 0 spiro atoms. The van der Waals surface area contributed by atoms with E-state index in [1.54, 1.807) is 4.90 Å². The van der Waals surface area contributed by atoms with Gasteiger partial charge in [0.2, 0.25) is 11.8 Å². The van der Waals surface area contributed by atoms with Crippen LogP contribution in [0.4, 0.5) is 0 Å². The highest BCUT2D eigenvalue weighted by Crippen LogP contribution is 2.64. The van der Waals surface area contributed by atoms with Gasteiger partial charge in [-0.2, -0.15) is 0 Å². The molecule has 1 saturated heterocycles. The van der Waals surface area contributed by atoms with Gasteiger partial charge in [-0.25, -0.2) is 0 Å². The van der Waals surface area contributed by atoms with E-state index in [0.717, 1.165) is 41.5 Å². The summed E-state index contributed by atoms with van der Waals surface area (Å²) in [6.07, 6.45) is 2.83. The molecule has 0 aromatic heterocycles. The van der Waals surface area contributed by atoms with Crippen LogP contribution in [0.15, 0.2) is 48.5 Å². The lowest BCUT2D eigenvalue weighted by Crippen LogP contribution is -2.56. The minimum Gasteiger partial charge on any atom is -0.394 e. The Kier molecular flexibility index (Phi) is 25.3. The number of imide groups is 1. The van der Waals surface area contributed by atoms with Gasteiger partial charge in [-0.15, -0.1) is 0 Å². The second-order valence-corrected chi connectivity index (χ2v) is 15.7. The van der Waals surface area contributed by atoms with Gasteiger partial charge < -0.3 is 61.9 Å². The highest BCUT2D eigenvalue weighted by molar-refractivity contribution is 6.08. The van der Waals surface area contributed by atoms with Crippen LogP contribution in [0.25, 0.3) is 0 Å². The SMILES string of the molecule is CCCCCN1C(=O)[C@@H]2C3c4ccccc4C(COCCOCCOCCOCCOCCOCCOCCOCCOCCOCCOCCOCCO)(c4ccccc43)[C@@H]2C1=O. The molecule has 2 atom stereocenters. The van der Waals surface area contributed by atoms with Crippen LogP contribution in [0.5, 0.6) is 0 Å². The fraction of sp³-hybridized carbons (Fsp3) is 0.708. The van der Waals surface area contributed by atoms with Crippen LogP contribution < -0.4 is 0 Å². The molecule has 0 radical (unpaired) electrons. The molecule has 2 amide bonds. The Balaban J connectivity index is 0.806. The number of rotatable bonds is 41. The molecular formula is C48H73NO15. The first-order chi connectivity index (χ1) is 31.7. The molecule has 2 bridgehead atoms. The number of benzene rings is 2. The van der Waals surface area contributed by atoms with E-state index in [4.69, 9.17) is 61.9 Å². The molecule has 16 heteroatoms. The van der Waals surface area contributed by atoms with Crippen LogP contribution in [0.1, 0.15) is 54.4 Å². The first-order valence-electron chi connectivity index (χ1n) is 23.2. The average molecular weight is 904 g/mol. The molecule has 1 fully saturated rings. The van der Waals surface area contributed by atoms with E-state index in [1.807, 2.05) is 24.3 Å². The molecular weight excluding hydrogens is 831 g/mol. The van der Waals surface area contributed by atoms with Crippen LogP contribution in [0, 0.1) is 11.8 Å². The highest BCUT2D eigenvalue weighted by atomic mass is 16.6. The summed E-state index contributed by atoms with van der Waals surface area (Å²) in [7, 11) is 0. The summed E-state index contributed by atoms with van der Waals surface area (Å²) in [5, 5.41) is 8.62. The number of amides is 2. The molecule has 1 heterocycles. The summed E-state index contributed by atoms with van der Waals surface area (Å²) in [4.78, 5) is 29.8. The maximum atomic E-state index is 14.2. The molecule has 3 aliphatic carbocycles. The third-order valence-electron chi connectivity index (χ3n) is 11.5. The molecule has 16 nitrogen and oxygen atoms in total. The number of unbranched alkanes of at least 4 members (excludes halogenated alkanes) is 2. The Bertz CT molecular complexity index is 1530. The second-order valence-electron chi connectivity index (χ2n) is 15.7. The number of aliphatic hydroxyl groups is 1. The molecule has 4 aliphatic rings. The quantitative estimate of drug-likeness (QED) is 0.0761. The molecule has 0 unspecified atom stereocenters. The van der Waals surface area contributed by atoms with Crippen LogP contribution >= 0.6 is 0 Å². The van der Waals surface area contributed by atoms with Gasteiger partial charge in [0.15, 0.2) is 0 Å². The first kappa shape index (κ1) is 52.0. The van der Waals surface area contributed by atoms with Gasteiger partial charge in [-0.05, 0) is 28.7 Å². The van der Waals surface area contributed by atoms with Crippen LogP contribution in [-0.4, -0.2) is 194 Å². The van der Waals surface area contributed by atoms with Crippen molar-refractivity contribution in [2.24, 2.45) is 11.8 Å². The smallest absolute Gasteiger partial charge is 0.234 e. The Morgan fingerprint density at radius 2 is 0.812 bits per heavy atom. The minimum absolute atomic E-state index is 0.0178. The zero-order valence-corrected chi connectivity index (χ0v) is 38.0. The lowest BCUT2D eigenvalue weighted by molar-refractivity contribution is -0.140. The molecule has 1 N–H and O–H groups in total. The van der Waals surface area contributed by atoms with E-state index in [2.05, 4.69) is 31.2 Å². The van der Waals surface area contributed by atoms with Gasteiger partial charge in [0, 0.05) is 12.5 Å². The Morgan fingerprint density at radius 3 is 1.17 bits per heavy atom. The lowest BCUT2D eigenvalue weighted by Gasteiger charge is -2.54. The maximum Gasteiger partial charge on any atom is 0.234 e. The van der Waals surface area contributed by atoms with Gasteiger partial charge in [-0.1, -0.05) is 68.3 Å². The predicted octanol–water partition coefficient (Wildman–Crippen LogP) is 3.41. The zero-order chi connectivity index (χ0) is 44.9. The van der Waals surface area contributed by atoms with Gasteiger partial charge in [0.05, 0.1) is 182 Å². The highest BCUT2D eigenvalue weighted by Gasteiger charge is 2.68. The summed E-state index contributed by atoms with van der Waals surface area (Å²) >= 11 is 0. The number of hydrogen-bond donors (Lipinski definition) is 1. The molecule has 1 aliphatic heterocycles. The third-order valence-corrected chi connectivity index (χ3v) is 11.5. The number of carbonyl (C=O) groups is 2. The summed E-state index contributed by atoms with van der Waals surface area (Å²) < 4.78 is 66.9. The first-order valence-corrected chi connectivity index (χ1v) is 23.2. The Hall–Kier alpha value is -2.94. The molecule has 360 valence electrons. The third kappa shape index (κ3) is 15.6. The molecule has 2 aromatic rings. The number of ether oxygens (including phenoxy) is 12. The van der Waals surface area contributed by atoms with E-state index >= 15 is 0 Å². The van der Waals surface area contributed by atoms with E-state index in [1.165, 1.54) is 0 Å². The minimum atomic E-state index is -0.750. The van der Waals surface area contributed by atoms with Gasteiger partial charge in [0.25, 0.3) is 0 Å². The average Bonchev–Trinajstić information content (AvgIpc) is 3.57. The monoisotopic (exact) mass is 903 g/mol. The zero-order valence-electron chi connectivity index (χ0n) is 38.0. The molecule has 0 saturated carbocycles. The van der Waals surface area contributed by atoms with Gasteiger partial charge in [-0.3, -0.25) is 14.5 Å². The number of nitrogens with zero attached hydrogens (tertiary/aromatic N) is 1. The largest absolute Gasteiger partial charge is 0.394 e. The molecule has 64 heavy (non-hydrogen) atoms. The summed E-state index contributed by atoms with van der Waals surface area (Å²) in [6, 6.07) is 16.6. The van der Waals surface area contributed by atoms with Crippen LogP contribution in [0.3, 0.4) is 0 Å². The van der Waals surface area contributed by atoms with Crippen molar-refractivity contribution in [3.8, 4) is 0 Å². The lowest BCUT2D eigenvalue weighted by atomic mass is 9.47. The van der Waals surface area contributed by atoms with E-state index < -0.39 is 17.3 Å². The normalized spacial score (nSPS) is 19.7. The van der Waals surface area contributed by atoms with E-state index in [0.29, 0.717) is 159 Å². The van der Waals surface area contributed by atoms with Crippen molar-refractivity contribution >= 4 is 11.8 Å². The molecule has 6 rings (SSSR count). The summed E-state index contributed by atoms with van der Waals surface area (Å²) in [5.41, 5.74) is 3.71. The Labute approximate surface area is 379 Å². The van der Waals surface area contributed by atoms with E-state index in [9.17, 15) is 9.59 Å². The fourth-order valence-electron chi connectivity index (χ4n) is 8.69. The van der Waals surface area contributed by atoms with Gasteiger partial charge >= 0.3 is 0 Å². The van der Waals surface area contributed by atoms with E-state index in [-0.39, 0.29) is 30.9 Å². The predicted molar refractivity (Wildman–Crippen MR) is 236 cm³/mol. The molecule has 2 aromatic carbocycles. The van der Waals surface area contributed by atoms with Crippen molar-refractivity contribution < 1.29 is 71.5 Å². The number of likely N-dealkylation sites (tertiary alicyclic amines) is 1. The fourth-order valence-corrected chi connectivity index (χ4v) is 8.69. The van der Waals surface area contributed by atoms with Crippen molar-refractivity contribution in [2.45, 2.75) is 37.5 Å². The number of hydrogen-bond acceptors (Lipinski definition) is 15. The summed E-state index contributed by atoms with van der Waals surface area (Å²) in [5.74, 6) is -1.16. The van der Waals surface area contributed by atoms with Crippen molar-refractivity contribution in [1.29, 1.82) is 0 Å².